The van der Waals surface area contributed by atoms with Crippen LogP contribution in [0.25, 0.3) is 11.0 Å². The van der Waals surface area contributed by atoms with Crippen LogP contribution in [0.15, 0.2) is 48.8 Å². The molecule has 0 atom stereocenters. The number of hydrogen-bond donors (Lipinski definition) is 4. The normalized spacial score (nSPS) is 10.0. The van der Waals surface area contributed by atoms with E-state index in [-0.39, 0.29) is 5.91 Å². The van der Waals surface area contributed by atoms with E-state index in [1.165, 1.54) is 0 Å². The molecule has 2 aromatic heterocycles. The number of carbonyl (C=O) groups is 1. The molecule has 3 aromatic rings. The highest BCUT2D eigenvalue weighted by Crippen LogP contribution is 2.14. The third-order valence-corrected chi connectivity index (χ3v) is 4.35. The molecule has 0 aliphatic carbocycles. The molecule has 6 nitrogen and oxygen atoms in total. The van der Waals surface area contributed by atoms with Gasteiger partial charge in [-0.2, -0.15) is 0 Å². The third-order valence-electron chi connectivity index (χ3n) is 4.06. The van der Waals surface area contributed by atoms with E-state index in [1.54, 1.807) is 6.20 Å². The Morgan fingerprint density at radius 1 is 1.11 bits per heavy atom. The van der Waals surface area contributed by atoms with Crippen LogP contribution in [-0.2, 0) is 11.3 Å². The first-order valence-electron chi connectivity index (χ1n) is 8.91. The number of benzene rings is 1. The van der Waals surface area contributed by atoms with E-state index >= 15 is 0 Å². The summed E-state index contributed by atoms with van der Waals surface area (Å²) in [7, 11) is 0. The lowest BCUT2D eigenvalue weighted by Crippen LogP contribution is -2.39. The Balaban J connectivity index is 1.36. The van der Waals surface area contributed by atoms with Gasteiger partial charge in [0.05, 0.1) is 0 Å². The topological polar surface area (TPSA) is 81.8 Å². The summed E-state index contributed by atoms with van der Waals surface area (Å²) in [6.45, 7) is 3.55. The van der Waals surface area contributed by atoms with Crippen LogP contribution < -0.4 is 16.0 Å². The molecule has 0 saturated carbocycles. The molecule has 142 valence electrons. The molecule has 3 rings (SSSR count). The Morgan fingerprint density at radius 2 is 1.89 bits per heavy atom. The Kier molecular flexibility index (Phi) is 6.60. The first-order chi connectivity index (χ1) is 13.6. The molecule has 28 heavy (non-hydrogen) atoms. The maximum absolute atomic E-state index is 11.8. The molecule has 1 amide bonds. The van der Waals surface area contributed by atoms with Crippen molar-refractivity contribution in [3.8, 4) is 11.8 Å². The van der Waals surface area contributed by atoms with Crippen molar-refractivity contribution >= 4 is 34.3 Å². The molecule has 0 aliphatic rings. The Bertz CT molecular complexity index is 1030. The minimum absolute atomic E-state index is 0.312. The lowest BCUT2D eigenvalue weighted by atomic mass is 10.1. The number of H-pyrrole nitrogens is 1. The number of hydrogen-bond acceptors (Lipinski definition) is 3. The second-order valence-electron chi connectivity index (χ2n) is 6.19. The van der Waals surface area contributed by atoms with Gasteiger partial charge in [-0.25, -0.2) is 4.98 Å². The van der Waals surface area contributed by atoms with Gasteiger partial charge in [0.1, 0.15) is 5.65 Å². The minimum Gasteiger partial charge on any atom is -0.361 e. The van der Waals surface area contributed by atoms with Gasteiger partial charge in [-0.15, -0.1) is 0 Å². The Morgan fingerprint density at radius 3 is 2.71 bits per heavy atom. The smallest absolute Gasteiger partial charge is 0.296 e. The van der Waals surface area contributed by atoms with Gasteiger partial charge in [-0.05, 0) is 49.0 Å². The van der Waals surface area contributed by atoms with Crippen LogP contribution in [0.3, 0.4) is 0 Å². The molecule has 2 heterocycles. The number of thiocarbonyl (C=S) groups is 1. The molecule has 0 bridgehead atoms. The van der Waals surface area contributed by atoms with Crippen molar-refractivity contribution in [3.63, 3.8) is 0 Å². The van der Waals surface area contributed by atoms with Crippen molar-refractivity contribution < 1.29 is 4.79 Å². The van der Waals surface area contributed by atoms with E-state index in [4.69, 9.17) is 12.2 Å². The van der Waals surface area contributed by atoms with Crippen LogP contribution in [-0.4, -0.2) is 34.1 Å². The summed E-state index contributed by atoms with van der Waals surface area (Å²) in [6.07, 6.45) is 3.63. The van der Waals surface area contributed by atoms with Crippen LogP contribution in [0.2, 0.25) is 0 Å². The number of amides is 1. The van der Waals surface area contributed by atoms with Crippen molar-refractivity contribution in [2.45, 2.75) is 13.5 Å². The SMILES string of the molecule is Cc1ccc(C#CC(=O)NCCNC(=S)NCc2ccnc3[nH]ccc23)cc1. The van der Waals surface area contributed by atoms with Crippen molar-refractivity contribution in [3.05, 3.63) is 65.5 Å². The molecule has 0 unspecified atom stereocenters. The van der Waals surface area contributed by atoms with E-state index in [2.05, 4.69) is 37.8 Å². The maximum atomic E-state index is 11.8. The highest BCUT2D eigenvalue weighted by Gasteiger charge is 2.03. The monoisotopic (exact) mass is 391 g/mol. The number of nitrogens with one attached hydrogen (secondary N) is 4. The van der Waals surface area contributed by atoms with Crippen LogP contribution in [0.4, 0.5) is 0 Å². The van der Waals surface area contributed by atoms with Gasteiger partial charge >= 0.3 is 0 Å². The zero-order valence-corrected chi connectivity index (χ0v) is 16.3. The molecular weight excluding hydrogens is 370 g/mol. The predicted octanol–water partition coefficient (Wildman–Crippen LogP) is 2.00. The van der Waals surface area contributed by atoms with Crippen LogP contribution >= 0.6 is 12.2 Å². The molecule has 0 spiro atoms. The van der Waals surface area contributed by atoms with Crippen molar-refractivity contribution in [2.24, 2.45) is 0 Å². The zero-order valence-electron chi connectivity index (χ0n) is 15.5. The average molecular weight is 392 g/mol. The van der Waals surface area contributed by atoms with E-state index in [0.29, 0.717) is 24.7 Å². The van der Waals surface area contributed by atoms with Crippen LogP contribution in [0.5, 0.6) is 0 Å². The summed E-state index contributed by atoms with van der Waals surface area (Å²) in [5.74, 6) is 5.11. The van der Waals surface area contributed by atoms with Crippen molar-refractivity contribution in [1.82, 2.24) is 25.9 Å². The second kappa shape index (κ2) is 9.53. The predicted molar refractivity (Wildman–Crippen MR) is 115 cm³/mol. The number of fused-ring (bicyclic) bond motifs is 1. The van der Waals surface area contributed by atoms with Gasteiger partial charge in [0.25, 0.3) is 5.91 Å². The van der Waals surface area contributed by atoms with Gasteiger partial charge in [0.2, 0.25) is 0 Å². The largest absolute Gasteiger partial charge is 0.361 e. The van der Waals surface area contributed by atoms with Gasteiger partial charge in [0.15, 0.2) is 5.11 Å². The van der Waals surface area contributed by atoms with Crippen LogP contribution in [0.1, 0.15) is 16.7 Å². The lowest BCUT2D eigenvalue weighted by molar-refractivity contribution is -0.115. The number of pyridine rings is 1. The van der Waals surface area contributed by atoms with E-state index in [0.717, 1.165) is 27.7 Å². The molecule has 0 saturated heterocycles. The number of aromatic amines is 1. The minimum atomic E-state index is -0.312. The van der Waals surface area contributed by atoms with Gasteiger partial charge in [0, 0.05) is 48.9 Å². The first kappa shape index (κ1) is 19.4. The summed E-state index contributed by atoms with van der Waals surface area (Å²) in [5.41, 5.74) is 3.94. The molecule has 0 fully saturated rings. The number of rotatable bonds is 5. The fourth-order valence-electron chi connectivity index (χ4n) is 2.57. The zero-order chi connectivity index (χ0) is 19.8. The Labute approximate surface area is 169 Å². The van der Waals surface area contributed by atoms with Gasteiger partial charge in [-0.3, -0.25) is 4.79 Å². The number of aryl methyl sites for hydroxylation is 1. The highest BCUT2D eigenvalue weighted by atomic mass is 32.1. The lowest BCUT2D eigenvalue weighted by Gasteiger charge is -2.11. The number of nitrogens with zero attached hydrogens (tertiary/aromatic N) is 1. The summed E-state index contributed by atoms with van der Waals surface area (Å²) in [6, 6.07) is 11.7. The Hall–Kier alpha value is -3.37. The molecule has 0 radical (unpaired) electrons. The van der Waals surface area contributed by atoms with Gasteiger partial charge in [-0.1, -0.05) is 23.6 Å². The van der Waals surface area contributed by atoms with Crippen molar-refractivity contribution in [2.75, 3.05) is 13.1 Å². The standard InChI is InChI=1S/C21H21N5OS/c1-15-2-4-16(5-3-15)6-7-19(27)22-12-13-25-21(28)26-14-17-8-10-23-20-18(17)9-11-24-20/h2-5,8-11H,12-14H2,1H3,(H,22,27)(H,23,24)(H2,25,26,28). The fraction of sp³-hybridized carbons (Fsp3) is 0.190. The summed E-state index contributed by atoms with van der Waals surface area (Å²) >= 11 is 5.27. The third kappa shape index (κ3) is 5.56. The number of aromatic nitrogens is 2. The average Bonchev–Trinajstić information content (AvgIpc) is 3.18. The summed E-state index contributed by atoms with van der Waals surface area (Å²) in [4.78, 5) is 19.1. The maximum Gasteiger partial charge on any atom is 0.296 e. The van der Waals surface area contributed by atoms with Crippen molar-refractivity contribution in [1.29, 1.82) is 0 Å². The summed E-state index contributed by atoms with van der Waals surface area (Å²) < 4.78 is 0. The molecule has 1 aromatic carbocycles. The van der Waals surface area contributed by atoms with E-state index in [1.807, 2.05) is 49.5 Å². The highest BCUT2D eigenvalue weighted by molar-refractivity contribution is 7.80. The van der Waals surface area contributed by atoms with Crippen LogP contribution in [0, 0.1) is 18.8 Å². The quantitative estimate of drug-likeness (QED) is 0.304. The second-order valence-corrected chi connectivity index (χ2v) is 6.60. The fourth-order valence-corrected chi connectivity index (χ4v) is 2.75. The van der Waals surface area contributed by atoms with Gasteiger partial charge < -0.3 is 20.9 Å². The number of carbonyl (C=O) groups excluding carboxylic acids is 1. The van der Waals surface area contributed by atoms with E-state index in [9.17, 15) is 4.79 Å². The molecule has 0 aliphatic heterocycles. The summed E-state index contributed by atoms with van der Waals surface area (Å²) in [5, 5.41) is 10.6. The molecule has 4 N–H and O–H groups in total. The molecular formula is C21H21N5OS. The van der Waals surface area contributed by atoms with E-state index < -0.39 is 0 Å². The molecule has 7 heteroatoms. The first-order valence-corrected chi connectivity index (χ1v) is 9.32.